The van der Waals surface area contributed by atoms with Crippen LogP contribution in [0.25, 0.3) is 32.2 Å². The number of hydrogen-bond acceptors (Lipinski definition) is 9. The van der Waals surface area contributed by atoms with Gasteiger partial charge in [0.2, 0.25) is 5.95 Å². The van der Waals surface area contributed by atoms with Crippen LogP contribution >= 0.6 is 11.3 Å². The van der Waals surface area contributed by atoms with Crippen molar-refractivity contribution in [1.82, 2.24) is 19.9 Å². The van der Waals surface area contributed by atoms with Gasteiger partial charge in [0, 0.05) is 47.7 Å². The molecule has 1 aromatic carbocycles. The Kier molecular flexibility index (Phi) is 4.55. The van der Waals surface area contributed by atoms with Crippen LogP contribution in [0.2, 0.25) is 0 Å². The number of aromatic nitrogens is 3. The molecule has 0 amide bonds. The van der Waals surface area contributed by atoms with E-state index in [0.717, 1.165) is 55.6 Å². The first-order chi connectivity index (χ1) is 17.4. The quantitative estimate of drug-likeness (QED) is 0.437. The Balaban J connectivity index is 1.45. The second-order valence-corrected chi connectivity index (χ2v) is 10.8. The van der Waals surface area contributed by atoms with Crippen LogP contribution in [0.15, 0.2) is 12.4 Å². The summed E-state index contributed by atoms with van der Waals surface area (Å²) in [7, 11) is 2.13. The molecule has 3 aliphatic heterocycles. The molecular formula is C25H21F2N7OS. The number of nitrogens with zero attached hydrogens (tertiary/aromatic N) is 6. The number of nitriles is 1. The number of likely N-dealkylation sites (tertiary alicyclic amines) is 1. The molecule has 2 N–H and O–H groups in total. The van der Waals surface area contributed by atoms with Crippen molar-refractivity contribution in [3.63, 3.8) is 0 Å². The molecule has 0 radical (unpaired) electrons. The molecule has 0 unspecified atom stereocenters. The predicted octanol–water partition coefficient (Wildman–Crippen LogP) is 3.95. The Morgan fingerprint density at radius 2 is 1.97 bits per heavy atom. The molecule has 11 heteroatoms. The first kappa shape index (κ1) is 21.8. The summed E-state index contributed by atoms with van der Waals surface area (Å²) in [5.74, 6) is -0.700. The molecular weight excluding hydrogens is 484 g/mol. The van der Waals surface area contributed by atoms with Crippen LogP contribution in [0, 0.1) is 23.0 Å². The van der Waals surface area contributed by atoms with Crippen molar-refractivity contribution in [2.75, 3.05) is 37.3 Å². The first-order valence-electron chi connectivity index (χ1n) is 11.7. The normalized spacial score (nSPS) is 21.4. The Morgan fingerprint density at radius 3 is 2.69 bits per heavy atom. The monoisotopic (exact) mass is 505 g/mol. The van der Waals surface area contributed by atoms with Crippen molar-refractivity contribution in [3.05, 3.63) is 40.7 Å². The molecule has 7 rings (SSSR count). The molecule has 1 atom stereocenters. The van der Waals surface area contributed by atoms with E-state index in [4.69, 9.17) is 15.5 Å². The third kappa shape index (κ3) is 2.80. The van der Waals surface area contributed by atoms with Crippen molar-refractivity contribution in [1.29, 1.82) is 5.26 Å². The first-order valence-corrected chi connectivity index (χ1v) is 12.5. The summed E-state index contributed by atoms with van der Waals surface area (Å²) in [4.78, 5) is 18.0. The molecule has 2 saturated heterocycles. The largest absolute Gasteiger partial charge is 0.389 e. The van der Waals surface area contributed by atoms with E-state index < -0.39 is 11.6 Å². The number of fused-ring (bicyclic) bond motifs is 4. The number of nitrogen functional groups attached to an aromatic ring is 1. The summed E-state index contributed by atoms with van der Waals surface area (Å²) >= 11 is 0.959. The highest BCUT2D eigenvalue weighted by atomic mass is 32.1. The number of rotatable bonds is 2. The number of likely N-dealkylation sites (N-methyl/N-ethyl adjacent to an activating group) is 1. The minimum absolute atomic E-state index is 0.0968. The van der Waals surface area contributed by atoms with Gasteiger partial charge in [0.25, 0.3) is 0 Å². The number of hydrogen-bond donors (Lipinski definition) is 1. The van der Waals surface area contributed by atoms with Gasteiger partial charge >= 0.3 is 0 Å². The fourth-order valence-corrected chi connectivity index (χ4v) is 6.81. The van der Waals surface area contributed by atoms with E-state index in [1.165, 1.54) is 0 Å². The van der Waals surface area contributed by atoms with Crippen LogP contribution in [0.4, 0.5) is 19.7 Å². The minimum Gasteiger partial charge on any atom is -0.389 e. The molecule has 182 valence electrons. The maximum atomic E-state index is 16.4. The van der Waals surface area contributed by atoms with E-state index in [-0.39, 0.29) is 56.2 Å². The number of nitrogens with two attached hydrogens (primary N) is 1. The van der Waals surface area contributed by atoms with Gasteiger partial charge in [0.15, 0.2) is 11.6 Å². The summed E-state index contributed by atoms with van der Waals surface area (Å²) in [6.07, 6.45) is 4.87. The molecule has 1 spiro atoms. The second kappa shape index (κ2) is 7.52. The number of pyridine rings is 1. The second-order valence-electron chi connectivity index (χ2n) is 9.75. The third-order valence-electron chi connectivity index (χ3n) is 8.07. The Morgan fingerprint density at radius 1 is 1.17 bits per heavy atom. The van der Waals surface area contributed by atoms with Crippen LogP contribution in [0.1, 0.15) is 29.5 Å². The molecule has 0 aliphatic carbocycles. The van der Waals surface area contributed by atoms with E-state index in [1.807, 2.05) is 6.07 Å². The molecule has 3 aromatic heterocycles. The van der Waals surface area contributed by atoms with Gasteiger partial charge in [0.1, 0.15) is 16.6 Å². The van der Waals surface area contributed by atoms with Gasteiger partial charge in [-0.3, -0.25) is 9.88 Å². The van der Waals surface area contributed by atoms with Crippen molar-refractivity contribution in [2.45, 2.75) is 31.6 Å². The smallest absolute Gasteiger partial charge is 0.226 e. The molecule has 0 bridgehead atoms. The van der Waals surface area contributed by atoms with Crippen molar-refractivity contribution in [3.8, 4) is 17.3 Å². The van der Waals surface area contributed by atoms with Gasteiger partial charge in [-0.05, 0) is 31.0 Å². The number of ether oxygens (including phenoxy) is 1. The summed E-state index contributed by atoms with van der Waals surface area (Å²) in [5, 5.41) is 10.7. The zero-order valence-corrected chi connectivity index (χ0v) is 20.3. The van der Waals surface area contributed by atoms with Crippen LogP contribution in [0.3, 0.4) is 0 Å². The lowest BCUT2D eigenvalue weighted by molar-refractivity contribution is 0.0306. The zero-order chi connectivity index (χ0) is 24.8. The lowest BCUT2D eigenvalue weighted by Gasteiger charge is -2.48. The standard InChI is InChI=1S/C25H21F2N7OS/c1-33-4-2-25(33)3-5-34(11-25)24-31-7-13-14-9-35-10-15(14)17(19(27)20(13)32-24)21-18-12(6-28)23(29)36-22(18)16(26)8-30-21/h7-8H,2-5,9-11,29H2,1H3/t25-/m1/s1. The summed E-state index contributed by atoms with van der Waals surface area (Å²) < 4.78 is 36.9. The van der Waals surface area contributed by atoms with E-state index >= 15 is 4.39 Å². The van der Waals surface area contributed by atoms with Crippen LogP contribution in [0.5, 0.6) is 0 Å². The fourth-order valence-electron chi connectivity index (χ4n) is 5.89. The molecule has 3 aliphatic rings. The summed E-state index contributed by atoms with van der Waals surface area (Å²) in [6.45, 7) is 3.13. The maximum absolute atomic E-state index is 16.4. The van der Waals surface area contributed by atoms with Gasteiger partial charge in [-0.25, -0.2) is 18.7 Å². The van der Waals surface area contributed by atoms with Gasteiger partial charge in [-0.2, -0.15) is 5.26 Å². The summed E-state index contributed by atoms with van der Waals surface area (Å²) in [5.41, 5.74) is 8.17. The Hall–Kier alpha value is -3.46. The predicted molar refractivity (Wildman–Crippen MR) is 132 cm³/mol. The highest BCUT2D eigenvalue weighted by molar-refractivity contribution is 7.23. The molecule has 6 heterocycles. The number of thiophene rings is 1. The molecule has 36 heavy (non-hydrogen) atoms. The van der Waals surface area contributed by atoms with Gasteiger partial charge < -0.3 is 15.4 Å². The van der Waals surface area contributed by atoms with E-state index in [0.29, 0.717) is 16.9 Å². The van der Waals surface area contributed by atoms with E-state index in [2.05, 4.69) is 26.8 Å². The molecule has 8 nitrogen and oxygen atoms in total. The Labute approximate surface area is 208 Å². The van der Waals surface area contributed by atoms with Gasteiger partial charge in [0.05, 0.1) is 35.4 Å². The van der Waals surface area contributed by atoms with Crippen molar-refractivity contribution >= 4 is 43.3 Å². The topological polar surface area (TPSA) is 104 Å². The molecule has 0 saturated carbocycles. The van der Waals surface area contributed by atoms with Crippen molar-refractivity contribution in [2.24, 2.45) is 0 Å². The average Bonchev–Trinajstić information content (AvgIpc) is 3.62. The summed E-state index contributed by atoms with van der Waals surface area (Å²) in [6, 6.07) is 2.04. The van der Waals surface area contributed by atoms with Crippen LogP contribution in [-0.2, 0) is 18.0 Å². The molecule has 4 aromatic rings. The zero-order valence-electron chi connectivity index (χ0n) is 19.4. The highest BCUT2D eigenvalue weighted by Crippen LogP contribution is 2.45. The highest BCUT2D eigenvalue weighted by Gasteiger charge is 2.47. The average molecular weight is 506 g/mol. The van der Waals surface area contributed by atoms with Gasteiger partial charge in [-0.1, -0.05) is 0 Å². The SMILES string of the molecule is CN1CC[C@]12CCN(c1ncc3c4c(c(-c5ncc(F)c6sc(N)c(C#N)c56)c(F)c3n1)COC4)C2. The molecule has 2 fully saturated rings. The van der Waals surface area contributed by atoms with Gasteiger partial charge in [-0.15, -0.1) is 11.3 Å². The van der Waals surface area contributed by atoms with E-state index in [9.17, 15) is 9.65 Å². The number of anilines is 2. The lowest BCUT2D eigenvalue weighted by atomic mass is 9.85. The Bertz CT molecular complexity index is 1650. The van der Waals surface area contributed by atoms with Crippen LogP contribution < -0.4 is 10.6 Å². The minimum atomic E-state index is -0.602. The number of halogens is 2. The maximum Gasteiger partial charge on any atom is 0.226 e. The third-order valence-corrected chi connectivity index (χ3v) is 9.10. The number of benzene rings is 1. The van der Waals surface area contributed by atoms with Crippen LogP contribution in [-0.4, -0.2) is 52.1 Å². The lowest BCUT2D eigenvalue weighted by Crippen LogP contribution is -2.59. The van der Waals surface area contributed by atoms with Crippen molar-refractivity contribution < 1.29 is 13.5 Å². The fraction of sp³-hybridized carbons (Fsp3) is 0.360. The van der Waals surface area contributed by atoms with E-state index in [1.54, 1.807) is 6.20 Å².